The van der Waals surface area contributed by atoms with Gasteiger partial charge in [0, 0.05) is 0 Å². The van der Waals surface area contributed by atoms with Gasteiger partial charge in [0.2, 0.25) is 0 Å². The Bertz CT molecular complexity index is 696. The molecule has 2 saturated carbocycles. The molecule has 31 heavy (non-hydrogen) atoms. The molecular weight excluding hydrogens is 380 g/mol. The fourth-order valence-corrected chi connectivity index (χ4v) is 8.12. The van der Waals surface area contributed by atoms with Gasteiger partial charge in [0.25, 0.3) is 0 Å². The van der Waals surface area contributed by atoms with Crippen LogP contribution in [0.5, 0.6) is 0 Å². The van der Waals surface area contributed by atoms with Crippen LogP contribution in [0.4, 0.5) is 0 Å². The zero-order valence-corrected chi connectivity index (χ0v) is 20.8. The second-order valence-corrected chi connectivity index (χ2v) is 12.5. The maximum Gasteiger partial charge on any atom is 0.0591 e. The van der Waals surface area contributed by atoms with Gasteiger partial charge < -0.3 is 10.2 Å². The first-order valence-corrected chi connectivity index (χ1v) is 13.5. The Morgan fingerprint density at radius 2 is 1.90 bits per heavy atom. The molecule has 4 aliphatic rings. The van der Waals surface area contributed by atoms with Gasteiger partial charge in [-0.15, -0.1) is 0 Å². The summed E-state index contributed by atoms with van der Waals surface area (Å²) in [5, 5.41) is 20.4. The van der Waals surface area contributed by atoms with Crippen LogP contribution in [0.25, 0.3) is 0 Å². The van der Waals surface area contributed by atoms with Crippen LogP contribution < -0.4 is 0 Å². The van der Waals surface area contributed by atoms with Crippen molar-refractivity contribution in [2.45, 2.75) is 129 Å². The fraction of sp³-hybridized carbons (Fsp3) is 0.862. The fourth-order valence-electron chi connectivity index (χ4n) is 8.12. The second kappa shape index (κ2) is 9.34. The Balaban J connectivity index is 1.47. The van der Waals surface area contributed by atoms with Gasteiger partial charge in [0.15, 0.2) is 0 Å². The van der Waals surface area contributed by atoms with Crippen molar-refractivity contribution in [2.75, 3.05) is 0 Å². The van der Waals surface area contributed by atoms with Crippen LogP contribution in [0.15, 0.2) is 22.8 Å². The molecule has 4 rings (SSSR count). The van der Waals surface area contributed by atoms with Gasteiger partial charge in [0.1, 0.15) is 0 Å². The lowest BCUT2D eigenvalue weighted by atomic mass is 9.60. The highest BCUT2D eigenvalue weighted by Gasteiger charge is 2.50. The summed E-state index contributed by atoms with van der Waals surface area (Å²) >= 11 is 0. The molecule has 0 aromatic rings. The SMILES string of the molecule is C[C@H](CCCC(C)(C)O)[C@H]1CC[C@H]2/C(=C/[C@H]3CCCC4=C3C[C@@H](O)CC4)CCC[C@]12C. The Morgan fingerprint density at radius 1 is 1.10 bits per heavy atom. The minimum absolute atomic E-state index is 0.102. The van der Waals surface area contributed by atoms with Crippen molar-refractivity contribution < 1.29 is 10.2 Å². The van der Waals surface area contributed by atoms with E-state index in [2.05, 4.69) is 19.9 Å². The van der Waals surface area contributed by atoms with E-state index in [1.54, 1.807) is 16.7 Å². The van der Waals surface area contributed by atoms with Crippen LogP contribution in [0, 0.1) is 29.1 Å². The van der Waals surface area contributed by atoms with Crippen molar-refractivity contribution in [1.82, 2.24) is 0 Å². The van der Waals surface area contributed by atoms with Gasteiger partial charge in [-0.3, -0.25) is 0 Å². The zero-order chi connectivity index (χ0) is 22.2. The molecule has 0 spiro atoms. The molecule has 176 valence electrons. The first kappa shape index (κ1) is 23.6. The Morgan fingerprint density at radius 3 is 2.68 bits per heavy atom. The number of aliphatic hydroxyl groups excluding tert-OH is 1. The normalized spacial score (nSPS) is 38.8. The molecule has 0 amide bonds. The van der Waals surface area contributed by atoms with Crippen LogP contribution in [0.3, 0.4) is 0 Å². The number of fused-ring (bicyclic) bond motifs is 1. The standard InChI is InChI=1S/C29H48O2/c1-20(8-6-16-28(2,3)31)26-14-15-27-23(11-7-17-29(26,27)4)18-22-10-5-9-21-12-13-24(30)19-25(21)22/h18,20,22,24,26-27,30-31H,5-17,19H2,1-4H3/b23-18+/t20-,22-,24+,26-,27+,29-/m1/s1. The minimum atomic E-state index is -0.525. The summed E-state index contributed by atoms with van der Waals surface area (Å²) < 4.78 is 0. The molecule has 0 radical (unpaired) electrons. The lowest BCUT2D eigenvalue weighted by Gasteiger charge is -2.45. The molecule has 0 saturated heterocycles. The highest BCUT2D eigenvalue weighted by Crippen LogP contribution is 2.60. The smallest absolute Gasteiger partial charge is 0.0591 e. The third-order valence-electron chi connectivity index (χ3n) is 9.72. The summed E-state index contributed by atoms with van der Waals surface area (Å²) in [7, 11) is 0. The summed E-state index contributed by atoms with van der Waals surface area (Å²) in [4.78, 5) is 0. The largest absolute Gasteiger partial charge is 0.393 e. The monoisotopic (exact) mass is 428 g/mol. The van der Waals surface area contributed by atoms with Crippen LogP contribution in [0.1, 0.15) is 118 Å². The quantitative estimate of drug-likeness (QED) is 0.434. The summed E-state index contributed by atoms with van der Waals surface area (Å²) in [5.41, 5.74) is 5.04. The molecule has 2 N–H and O–H groups in total. The first-order valence-electron chi connectivity index (χ1n) is 13.5. The Kier molecular flexibility index (Phi) is 7.09. The van der Waals surface area contributed by atoms with Crippen molar-refractivity contribution in [3.05, 3.63) is 22.8 Å². The number of rotatable bonds is 6. The van der Waals surface area contributed by atoms with Gasteiger partial charge in [-0.1, -0.05) is 49.5 Å². The van der Waals surface area contributed by atoms with Crippen LogP contribution in [-0.4, -0.2) is 21.9 Å². The van der Waals surface area contributed by atoms with Crippen LogP contribution >= 0.6 is 0 Å². The van der Waals surface area contributed by atoms with Crippen molar-refractivity contribution in [1.29, 1.82) is 0 Å². The number of hydrogen-bond donors (Lipinski definition) is 2. The van der Waals surface area contributed by atoms with Crippen LogP contribution in [0.2, 0.25) is 0 Å². The maximum atomic E-state index is 10.3. The molecule has 0 unspecified atom stereocenters. The molecule has 2 fully saturated rings. The molecule has 0 aromatic heterocycles. The predicted molar refractivity (Wildman–Crippen MR) is 130 cm³/mol. The highest BCUT2D eigenvalue weighted by molar-refractivity contribution is 5.30. The van der Waals surface area contributed by atoms with Crippen molar-refractivity contribution >= 4 is 0 Å². The van der Waals surface area contributed by atoms with E-state index in [1.807, 2.05) is 13.8 Å². The molecule has 2 nitrogen and oxygen atoms in total. The van der Waals surface area contributed by atoms with E-state index in [0.29, 0.717) is 11.3 Å². The summed E-state index contributed by atoms with van der Waals surface area (Å²) in [6.07, 6.45) is 19.7. The van der Waals surface area contributed by atoms with E-state index in [-0.39, 0.29) is 6.10 Å². The van der Waals surface area contributed by atoms with Gasteiger partial charge in [-0.25, -0.2) is 0 Å². The predicted octanol–water partition coefficient (Wildman–Crippen LogP) is 7.35. The van der Waals surface area contributed by atoms with E-state index in [0.717, 1.165) is 49.9 Å². The second-order valence-electron chi connectivity index (χ2n) is 12.5. The lowest BCUT2D eigenvalue weighted by molar-refractivity contribution is 0.0596. The van der Waals surface area contributed by atoms with E-state index < -0.39 is 5.60 Å². The average Bonchev–Trinajstić information content (AvgIpc) is 3.05. The highest BCUT2D eigenvalue weighted by atomic mass is 16.3. The Labute approximate surface area is 191 Å². The van der Waals surface area contributed by atoms with Crippen molar-refractivity contribution in [2.24, 2.45) is 29.1 Å². The molecule has 4 aliphatic carbocycles. The minimum Gasteiger partial charge on any atom is -0.393 e. The van der Waals surface area contributed by atoms with Gasteiger partial charge in [-0.05, 0) is 120 Å². The number of aliphatic hydroxyl groups is 2. The third kappa shape index (κ3) is 5.16. The Hall–Kier alpha value is -0.600. The lowest BCUT2D eigenvalue weighted by Crippen LogP contribution is -2.36. The maximum absolute atomic E-state index is 10.3. The van der Waals surface area contributed by atoms with E-state index in [9.17, 15) is 10.2 Å². The first-order chi connectivity index (χ1) is 14.7. The molecule has 2 heteroatoms. The van der Waals surface area contributed by atoms with E-state index in [4.69, 9.17) is 0 Å². The number of hydrogen-bond acceptors (Lipinski definition) is 2. The summed E-state index contributed by atoms with van der Waals surface area (Å²) in [6, 6.07) is 0. The summed E-state index contributed by atoms with van der Waals surface area (Å²) in [6.45, 7) is 8.99. The third-order valence-corrected chi connectivity index (χ3v) is 9.72. The van der Waals surface area contributed by atoms with Gasteiger partial charge in [0.05, 0.1) is 11.7 Å². The average molecular weight is 429 g/mol. The van der Waals surface area contributed by atoms with E-state index >= 15 is 0 Å². The molecule has 0 aromatic carbocycles. The summed E-state index contributed by atoms with van der Waals surface area (Å²) in [5.74, 6) is 2.98. The zero-order valence-electron chi connectivity index (χ0n) is 20.8. The van der Waals surface area contributed by atoms with Gasteiger partial charge >= 0.3 is 0 Å². The number of allylic oxidation sites excluding steroid dienone is 3. The van der Waals surface area contributed by atoms with Gasteiger partial charge in [-0.2, -0.15) is 0 Å². The van der Waals surface area contributed by atoms with E-state index in [1.165, 1.54) is 57.8 Å². The molecule has 0 bridgehead atoms. The molecule has 6 atom stereocenters. The molecule has 0 aliphatic heterocycles. The van der Waals surface area contributed by atoms with Crippen LogP contribution in [-0.2, 0) is 0 Å². The topological polar surface area (TPSA) is 40.5 Å². The van der Waals surface area contributed by atoms with Crippen molar-refractivity contribution in [3.8, 4) is 0 Å². The molecular formula is C29H48O2. The van der Waals surface area contributed by atoms with Crippen molar-refractivity contribution in [3.63, 3.8) is 0 Å². The molecule has 0 heterocycles.